The molecule has 0 aromatic carbocycles. The van der Waals surface area contributed by atoms with Crippen LogP contribution in [0.3, 0.4) is 0 Å². The number of ether oxygens (including phenoxy) is 1. The highest BCUT2D eigenvalue weighted by molar-refractivity contribution is 5.94. The monoisotopic (exact) mass is 237 g/mol. The SMILES string of the molecule is CCCC(N)CNC(=O)c1ncccc1OC. The molecule has 94 valence electrons. The second-order valence-electron chi connectivity index (χ2n) is 3.81. The maximum absolute atomic E-state index is 11.8. The Morgan fingerprint density at radius 2 is 2.41 bits per heavy atom. The first kappa shape index (κ1) is 13.4. The fourth-order valence-corrected chi connectivity index (χ4v) is 1.51. The van der Waals surface area contributed by atoms with Gasteiger partial charge in [0.2, 0.25) is 0 Å². The van der Waals surface area contributed by atoms with Crippen LogP contribution in [0.15, 0.2) is 18.3 Å². The number of rotatable bonds is 6. The van der Waals surface area contributed by atoms with Gasteiger partial charge in [-0.15, -0.1) is 0 Å². The summed E-state index contributed by atoms with van der Waals surface area (Å²) in [6, 6.07) is 3.41. The van der Waals surface area contributed by atoms with Crippen LogP contribution in [0.2, 0.25) is 0 Å². The molecule has 1 heterocycles. The summed E-state index contributed by atoms with van der Waals surface area (Å²) < 4.78 is 5.07. The average molecular weight is 237 g/mol. The maximum atomic E-state index is 11.8. The molecule has 0 aliphatic rings. The van der Waals surface area contributed by atoms with Gasteiger partial charge in [-0.3, -0.25) is 4.79 Å². The van der Waals surface area contributed by atoms with Gasteiger partial charge in [-0.1, -0.05) is 13.3 Å². The largest absolute Gasteiger partial charge is 0.494 e. The number of hydrogen-bond acceptors (Lipinski definition) is 4. The van der Waals surface area contributed by atoms with Gasteiger partial charge in [0.1, 0.15) is 5.75 Å². The van der Waals surface area contributed by atoms with Crippen LogP contribution in [0.1, 0.15) is 30.3 Å². The summed E-state index contributed by atoms with van der Waals surface area (Å²) in [7, 11) is 1.51. The number of carbonyl (C=O) groups is 1. The number of methoxy groups -OCH3 is 1. The number of pyridine rings is 1. The minimum atomic E-state index is -0.256. The van der Waals surface area contributed by atoms with Crippen molar-refractivity contribution in [1.82, 2.24) is 10.3 Å². The Hall–Kier alpha value is -1.62. The van der Waals surface area contributed by atoms with Crippen LogP contribution < -0.4 is 15.8 Å². The molecule has 0 saturated heterocycles. The Labute approximate surface area is 101 Å². The number of nitrogens with zero attached hydrogens (tertiary/aromatic N) is 1. The second kappa shape index (κ2) is 6.85. The number of hydrogen-bond donors (Lipinski definition) is 2. The van der Waals surface area contributed by atoms with Crippen molar-refractivity contribution < 1.29 is 9.53 Å². The number of amides is 1. The summed E-state index contributed by atoms with van der Waals surface area (Å²) >= 11 is 0. The summed E-state index contributed by atoms with van der Waals surface area (Å²) in [5.74, 6) is 0.211. The van der Waals surface area contributed by atoms with Crippen LogP contribution in [-0.2, 0) is 0 Å². The Balaban J connectivity index is 2.58. The highest BCUT2D eigenvalue weighted by Crippen LogP contribution is 2.13. The lowest BCUT2D eigenvalue weighted by atomic mass is 10.2. The topological polar surface area (TPSA) is 77.2 Å². The lowest BCUT2D eigenvalue weighted by molar-refractivity contribution is 0.0942. The van der Waals surface area contributed by atoms with E-state index in [4.69, 9.17) is 10.5 Å². The minimum Gasteiger partial charge on any atom is -0.494 e. The predicted octanol–water partition coefficient (Wildman–Crippen LogP) is 0.947. The van der Waals surface area contributed by atoms with Gasteiger partial charge in [0, 0.05) is 18.8 Å². The molecule has 1 atom stereocenters. The van der Waals surface area contributed by atoms with Crippen LogP contribution in [0.4, 0.5) is 0 Å². The summed E-state index contributed by atoms with van der Waals surface area (Å²) in [6.45, 7) is 2.51. The second-order valence-corrected chi connectivity index (χ2v) is 3.81. The van der Waals surface area contributed by atoms with E-state index in [1.54, 1.807) is 18.3 Å². The predicted molar refractivity (Wildman–Crippen MR) is 66.0 cm³/mol. The minimum absolute atomic E-state index is 0.0151. The third-order valence-electron chi connectivity index (χ3n) is 2.39. The molecule has 5 heteroatoms. The van der Waals surface area contributed by atoms with E-state index in [9.17, 15) is 4.79 Å². The molecule has 0 aliphatic carbocycles. The van der Waals surface area contributed by atoms with Crippen molar-refractivity contribution in [3.8, 4) is 5.75 Å². The van der Waals surface area contributed by atoms with Gasteiger partial charge in [-0.25, -0.2) is 4.98 Å². The molecule has 0 saturated carbocycles. The van der Waals surface area contributed by atoms with Crippen molar-refractivity contribution in [2.45, 2.75) is 25.8 Å². The average Bonchev–Trinajstić information content (AvgIpc) is 2.36. The lowest BCUT2D eigenvalue weighted by Crippen LogP contribution is -2.37. The van der Waals surface area contributed by atoms with Gasteiger partial charge < -0.3 is 15.8 Å². The van der Waals surface area contributed by atoms with Gasteiger partial charge in [0.05, 0.1) is 7.11 Å². The van der Waals surface area contributed by atoms with E-state index >= 15 is 0 Å². The summed E-state index contributed by atoms with van der Waals surface area (Å²) in [5.41, 5.74) is 6.11. The fourth-order valence-electron chi connectivity index (χ4n) is 1.51. The highest BCUT2D eigenvalue weighted by atomic mass is 16.5. The third-order valence-corrected chi connectivity index (χ3v) is 2.39. The number of carbonyl (C=O) groups excluding carboxylic acids is 1. The maximum Gasteiger partial charge on any atom is 0.273 e. The van der Waals surface area contributed by atoms with E-state index in [0.29, 0.717) is 18.0 Å². The van der Waals surface area contributed by atoms with Crippen molar-refractivity contribution in [3.63, 3.8) is 0 Å². The van der Waals surface area contributed by atoms with Crippen LogP contribution in [-0.4, -0.2) is 30.6 Å². The first-order valence-electron chi connectivity index (χ1n) is 5.71. The van der Waals surface area contributed by atoms with Crippen molar-refractivity contribution in [1.29, 1.82) is 0 Å². The van der Waals surface area contributed by atoms with Crippen molar-refractivity contribution in [2.24, 2.45) is 5.73 Å². The Kier molecular flexibility index (Phi) is 5.42. The fraction of sp³-hybridized carbons (Fsp3) is 0.500. The van der Waals surface area contributed by atoms with Crippen LogP contribution in [0, 0.1) is 0 Å². The van der Waals surface area contributed by atoms with Crippen LogP contribution in [0.5, 0.6) is 5.75 Å². The molecule has 1 amide bonds. The van der Waals surface area contributed by atoms with E-state index in [1.165, 1.54) is 7.11 Å². The first-order valence-corrected chi connectivity index (χ1v) is 5.71. The van der Waals surface area contributed by atoms with Crippen molar-refractivity contribution >= 4 is 5.91 Å². The summed E-state index contributed by atoms with van der Waals surface area (Å²) in [6.07, 6.45) is 3.45. The molecule has 1 aromatic heterocycles. The molecule has 1 rings (SSSR count). The lowest BCUT2D eigenvalue weighted by Gasteiger charge is -2.12. The molecule has 0 bridgehead atoms. The smallest absolute Gasteiger partial charge is 0.273 e. The van der Waals surface area contributed by atoms with Gasteiger partial charge in [-0.2, -0.15) is 0 Å². The zero-order valence-electron chi connectivity index (χ0n) is 10.3. The number of aromatic nitrogens is 1. The molecular weight excluding hydrogens is 218 g/mol. The van der Waals surface area contributed by atoms with E-state index < -0.39 is 0 Å². The quantitative estimate of drug-likeness (QED) is 0.772. The number of nitrogens with one attached hydrogen (secondary N) is 1. The van der Waals surface area contributed by atoms with E-state index in [0.717, 1.165) is 12.8 Å². The summed E-state index contributed by atoms with van der Waals surface area (Å²) in [4.78, 5) is 15.8. The number of nitrogens with two attached hydrogens (primary N) is 1. The molecule has 1 aromatic rings. The van der Waals surface area contributed by atoms with E-state index in [-0.39, 0.29) is 11.9 Å². The van der Waals surface area contributed by atoms with Gasteiger partial charge >= 0.3 is 0 Å². The molecule has 1 unspecified atom stereocenters. The molecule has 0 fully saturated rings. The molecule has 17 heavy (non-hydrogen) atoms. The first-order chi connectivity index (χ1) is 8.19. The molecule has 0 radical (unpaired) electrons. The molecule has 5 nitrogen and oxygen atoms in total. The molecular formula is C12H19N3O2. The third kappa shape index (κ3) is 4.03. The van der Waals surface area contributed by atoms with Crippen LogP contribution in [0.25, 0.3) is 0 Å². The van der Waals surface area contributed by atoms with Crippen molar-refractivity contribution in [2.75, 3.05) is 13.7 Å². The Morgan fingerprint density at radius 3 is 3.06 bits per heavy atom. The normalized spacial score (nSPS) is 11.9. The molecule has 0 aliphatic heterocycles. The standard InChI is InChI=1S/C12H19N3O2/c1-3-5-9(13)8-15-12(16)11-10(17-2)6-4-7-14-11/h4,6-7,9H,3,5,8,13H2,1-2H3,(H,15,16). The van der Waals surface area contributed by atoms with Crippen molar-refractivity contribution in [3.05, 3.63) is 24.0 Å². The van der Waals surface area contributed by atoms with E-state index in [1.807, 2.05) is 0 Å². The zero-order valence-corrected chi connectivity index (χ0v) is 10.3. The van der Waals surface area contributed by atoms with Gasteiger partial charge in [0.15, 0.2) is 5.69 Å². The van der Waals surface area contributed by atoms with E-state index in [2.05, 4.69) is 17.2 Å². The Morgan fingerprint density at radius 1 is 1.65 bits per heavy atom. The van der Waals surface area contributed by atoms with Crippen LogP contribution >= 0.6 is 0 Å². The highest BCUT2D eigenvalue weighted by Gasteiger charge is 2.13. The molecule has 3 N–H and O–H groups in total. The molecule has 0 spiro atoms. The Bertz CT molecular complexity index is 369. The van der Waals surface area contributed by atoms with Gasteiger partial charge in [0.25, 0.3) is 5.91 Å². The summed E-state index contributed by atoms with van der Waals surface area (Å²) in [5, 5.41) is 2.75. The van der Waals surface area contributed by atoms with Gasteiger partial charge in [-0.05, 0) is 18.6 Å². The zero-order chi connectivity index (χ0) is 12.7.